The molecular formula is C16H18N2O3. The zero-order chi connectivity index (χ0) is 15.6. The van der Waals surface area contributed by atoms with E-state index in [9.17, 15) is 9.59 Å². The number of carbonyl (C=O) groups excluding carboxylic acids is 1. The number of rotatable bonds is 4. The number of anilines is 1. The lowest BCUT2D eigenvalue weighted by molar-refractivity contribution is -0.135. The molecule has 0 spiro atoms. The van der Waals surface area contributed by atoms with Crippen molar-refractivity contribution in [2.75, 3.05) is 11.4 Å². The van der Waals surface area contributed by atoms with Crippen LogP contribution in [-0.4, -0.2) is 28.1 Å². The summed E-state index contributed by atoms with van der Waals surface area (Å²) in [5.41, 5.74) is 3.04. The number of carboxylic acid groups (broad SMARTS) is 1. The molecule has 21 heavy (non-hydrogen) atoms. The summed E-state index contributed by atoms with van der Waals surface area (Å²) in [4.78, 5) is 25.0. The number of benzene rings is 1. The molecule has 0 unspecified atom stereocenters. The second kappa shape index (κ2) is 5.83. The lowest BCUT2D eigenvalue weighted by Gasteiger charge is -2.21. The van der Waals surface area contributed by atoms with Gasteiger partial charge in [-0.3, -0.25) is 14.5 Å². The van der Waals surface area contributed by atoms with Crippen molar-refractivity contribution in [2.45, 2.75) is 13.8 Å². The summed E-state index contributed by atoms with van der Waals surface area (Å²) in [5.74, 6) is -1.37. The minimum absolute atomic E-state index is 0.322. The van der Waals surface area contributed by atoms with Gasteiger partial charge in [0.25, 0.3) is 5.91 Å². The Balaban J connectivity index is 2.40. The van der Waals surface area contributed by atoms with Crippen LogP contribution in [0.2, 0.25) is 0 Å². The van der Waals surface area contributed by atoms with Gasteiger partial charge in [-0.15, -0.1) is 0 Å². The predicted octanol–water partition coefficient (Wildman–Crippen LogP) is 2.37. The third-order valence-corrected chi connectivity index (χ3v) is 3.48. The van der Waals surface area contributed by atoms with E-state index in [4.69, 9.17) is 5.11 Å². The molecule has 0 aliphatic rings. The molecule has 110 valence electrons. The van der Waals surface area contributed by atoms with Gasteiger partial charge in [-0.2, -0.15) is 0 Å². The molecule has 0 fully saturated rings. The number of aryl methyl sites for hydroxylation is 2. The zero-order valence-corrected chi connectivity index (χ0v) is 12.3. The predicted molar refractivity (Wildman–Crippen MR) is 80.6 cm³/mol. The van der Waals surface area contributed by atoms with E-state index in [2.05, 4.69) is 0 Å². The van der Waals surface area contributed by atoms with Crippen molar-refractivity contribution in [2.24, 2.45) is 7.05 Å². The topological polar surface area (TPSA) is 62.5 Å². The van der Waals surface area contributed by atoms with Gasteiger partial charge in [-0.25, -0.2) is 0 Å². The van der Waals surface area contributed by atoms with Crippen LogP contribution in [0.15, 0.2) is 36.4 Å². The van der Waals surface area contributed by atoms with Crippen molar-refractivity contribution in [3.63, 3.8) is 0 Å². The molecule has 0 saturated carbocycles. The Hall–Kier alpha value is -2.56. The van der Waals surface area contributed by atoms with Crippen molar-refractivity contribution in [3.8, 4) is 0 Å². The summed E-state index contributed by atoms with van der Waals surface area (Å²) in [5, 5.41) is 9.07. The van der Waals surface area contributed by atoms with Gasteiger partial charge in [0.15, 0.2) is 0 Å². The van der Waals surface area contributed by atoms with E-state index in [0.29, 0.717) is 11.4 Å². The number of aromatic nitrogens is 1. The third kappa shape index (κ3) is 3.13. The molecule has 0 bridgehead atoms. The van der Waals surface area contributed by atoms with Crippen molar-refractivity contribution < 1.29 is 14.7 Å². The van der Waals surface area contributed by atoms with Crippen molar-refractivity contribution >= 4 is 17.6 Å². The molecule has 0 aliphatic heterocycles. The molecule has 1 amide bonds. The highest BCUT2D eigenvalue weighted by Gasteiger charge is 2.22. The van der Waals surface area contributed by atoms with Crippen LogP contribution in [0.1, 0.15) is 21.7 Å². The average molecular weight is 286 g/mol. The zero-order valence-electron chi connectivity index (χ0n) is 12.3. The maximum absolute atomic E-state index is 12.6. The Morgan fingerprint density at radius 3 is 2.19 bits per heavy atom. The van der Waals surface area contributed by atoms with Gasteiger partial charge in [-0.05, 0) is 38.1 Å². The Bertz CT molecular complexity index is 671. The number of amides is 1. The number of carbonyl (C=O) groups is 2. The van der Waals surface area contributed by atoms with Gasteiger partial charge in [0.05, 0.1) is 0 Å². The quantitative estimate of drug-likeness (QED) is 0.938. The fraction of sp³-hybridized carbons (Fsp3) is 0.250. The number of hydrogen-bond donors (Lipinski definition) is 1. The molecular weight excluding hydrogens is 268 g/mol. The standard InChI is InChI=1S/C16H18N2O3/c1-11-4-7-13(8-5-11)18(10-15(19)20)16(21)14-9-6-12(2)17(14)3/h4-9H,10H2,1-3H3,(H,19,20). The van der Waals surface area contributed by atoms with Gasteiger partial charge in [0.1, 0.15) is 12.2 Å². The van der Waals surface area contributed by atoms with E-state index < -0.39 is 5.97 Å². The van der Waals surface area contributed by atoms with Crippen molar-refractivity contribution in [1.82, 2.24) is 4.57 Å². The molecule has 0 aliphatic carbocycles. The molecule has 0 atom stereocenters. The molecule has 5 nitrogen and oxygen atoms in total. The lowest BCUT2D eigenvalue weighted by atomic mass is 10.2. The largest absolute Gasteiger partial charge is 0.480 e. The molecule has 1 N–H and O–H groups in total. The Morgan fingerprint density at radius 2 is 1.71 bits per heavy atom. The van der Waals surface area contributed by atoms with Crippen LogP contribution in [0.3, 0.4) is 0 Å². The minimum Gasteiger partial charge on any atom is -0.480 e. The highest BCUT2D eigenvalue weighted by Crippen LogP contribution is 2.19. The normalized spacial score (nSPS) is 10.4. The average Bonchev–Trinajstić information content (AvgIpc) is 2.77. The fourth-order valence-electron chi connectivity index (χ4n) is 2.11. The van der Waals surface area contributed by atoms with Crippen LogP contribution in [0.5, 0.6) is 0 Å². The van der Waals surface area contributed by atoms with E-state index in [0.717, 1.165) is 11.3 Å². The molecule has 1 heterocycles. The summed E-state index contributed by atoms with van der Waals surface area (Å²) < 4.78 is 1.76. The molecule has 0 saturated heterocycles. The van der Waals surface area contributed by atoms with Gasteiger partial charge >= 0.3 is 5.97 Å². The van der Waals surface area contributed by atoms with E-state index in [-0.39, 0.29) is 12.5 Å². The highest BCUT2D eigenvalue weighted by molar-refractivity contribution is 6.07. The van der Waals surface area contributed by atoms with Crippen LogP contribution in [0.25, 0.3) is 0 Å². The number of carboxylic acids is 1. The number of aliphatic carboxylic acids is 1. The second-order valence-electron chi connectivity index (χ2n) is 5.04. The van der Waals surface area contributed by atoms with Crippen LogP contribution >= 0.6 is 0 Å². The molecule has 2 rings (SSSR count). The lowest BCUT2D eigenvalue weighted by Crippen LogP contribution is -2.36. The monoisotopic (exact) mass is 286 g/mol. The van der Waals surface area contributed by atoms with E-state index >= 15 is 0 Å². The first-order chi connectivity index (χ1) is 9.90. The Kier molecular flexibility index (Phi) is 4.12. The molecule has 5 heteroatoms. The molecule has 1 aromatic heterocycles. The summed E-state index contributed by atoms with van der Waals surface area (Å²) in [6.07, 6.45) is 0. The van der Waals surface area contributed by atoms with Crippen LogP contribution in [-0.2, 0) is 11.8 Å². The van der Waals surface area contributed by atoms with E-state index in [1.54, 1.807) is 29.8 Å². The van der Waals surface area contributed by atoms with Gasteiger partial charge in [0.2, 0.25) is 0 Å². The van der Waals surface area contributed by atoms with Crippen molar-refractivity contribution in [3.05, 3.63) is 53.3 Å². The summed E-state index contributed by atoms with van der Waals surface area (Å²) in [7, 11) is 1.79. The third-order valence-electron chi connectivity index (χ3n) is 3.48. The van der Waals surface area contributed by atoms with E-state index in [1.165, 1.54) is 4.90 Å². The first kappa shape index (κ1) is 14.8. The Morgan fingerprint density at radius 1 is 1.10 bits per heavy atom. The first-order valence-electron chi connectivity index (χ1n) is 6.63. The Labute approximate surface area is 123 Å². The highest BCUT2D eigenvalue weighted by atomic mass is 16.4. The van der Waals surface area contributed by atoms with Gasteiger partial charge in [-0.1, -0.05) is 17.7 Å². The minimum atomic E-state index is -1.05. The first-order valence-corrected chi connectivity index (χ1v) is 6.63. The number of hydrogen-bond acceptors (Lipinski definition) is 2. The smallest absolute Gasteiger partial charge is 0.323 e. The van der Waals surface area contributed by atoms with Crippen LogP contribution in [0.4, 0.5) is 5.69 Å². The molecule has 1 aromatic carbocycles. The summed E-state index contributed by atoms with van der Waals surface area (Å²) in [6, 6.07) is 10.8. The maximum atomic E-state index is 12.6. The summed E-state index contributed by atoms with van der Waals surface area (Å²) >= 11 is 0. The SMILES string of the molecule is Cc1ccc(N(CC(=O)O)C(=O)c2ccc(C)n2C)cc1. The fourth-order valence-corrected chi connectivity index (χ4v) is 2.11. The maximum Gasteiger partial charge on any atom is 0.323 e. The van der Waals surface area contributed by atoms with Crippen molar-refractivity contribution in [1.29, 1.82) is 0 Å². The second-order valence-corrected chi connectivity index (χ2v) is 5.04. The number of nitrogens with zero attached hydrogens (tertiary/aromatic N) is 2. The van der Waals surface area contributed by atoms with Crippen LogP contribution in [0, 0.1) is 13.8 Å². The van der Waals surface area contributed by atoms with E-state index in [1.807, 2.05) is 32.0 Å². The molecule has 0 radical (unpaired) electrons. The van der Waals surface area contributed by atoms with Gasteiger partial charge < -0.3 is 9.67 Å². The summed E-state index contributed by atoms with van der Waals surface area (Å²) in [6.45, 7) is 3.46. The van der Waals surface area contributed by atoms with Crippen LogP contribution < -0.4 is 4.90 Å². The van der Waals surface area contributed by atoms with Gasteiger partial charge in [0, 0.05) is 18.4 Å². The molecule has 2 aromatic rings.